The highest BCUT2D eigenvalue weighted by atomic mass is 28.3. The normalized spacial score (nSPS) is 11.6. The molecule has 0 fully saturated rings. The molecule has 0 aliphatic rings. The Morgan fingerprint density at radius 2 is 0.760 bits per heavy atom. The Morgan fingerprint density at radius 3 is 1.38 bits per heavy atom. The number of fused-ring (bicyclic) bond motifs is 3. The lowest BCUT2D eigenvalue weighted by Gasteiger charge is -2.35. The lowest BCUT2D eigenvalue weighted by atomic mass is 9.95. The van der Waals surface area contributed by atoms with E-state index in [1.807, 2.05) is 0 Å². The van der Waals surface area contributed by atoms with Crippen molar-refractivity contribution in [3.63, 3.8) is 0 Å². The van der Waals surface area contributed by atoms with Gasteiger partial charge in [0.05, 0.1) is 11.0 Å². The summed E-state index contributed by atoms with van der Waals surface area (Å²) in [6, 6.07) is 78.3. The topological polar surface area (TPSA) is 4.93 Å². The van der Waals surface area contributed by atoms with Gasteiger partial charge in [0, 0.05) is 16.5 Å². The maximum absolute atomic E-state index is 2.87. The summed E-state index contributed by atoms with van der Waals surface area (Å²) >= 11 is 0. The van der Waals surface area contributed by atoms with Crippen LogP contribution in [0.15, 0.2) is 212 Å². The molecular formula is C48H35NSi. The quantitative estimate of drug-likeness (QED) is 0.119. The van der Waals surface area contributed by atoms with Crippen LogP contribution in [0.2, 0.25) is 0 Å². The number of benzene rings is 8. The van der Waals surface area contributed by atoms with Gasteiger partial charge in [-0.15, -0.1) is 0 Å². The molecule has 0 radical (unpaired) electrons. The van der Waals surface area contributed by atoms with Gasteiger partial charge in [-0.3, -0.25) is 0 Å². The summed E-state index contributed by atoms with van der Waals surface area (Å²) in [6.45, 7) is 0. The van der Waals surface area contributed by atoms with Gasteiger partial charge in [0.1, 0.15) is 0 Å². The van der Waals surface area contributed by atoms with Gasteiger partial charge in [-0.25, -0.2) is 0 Å². The number of para-hydroxylation sites is 2. The van der Waals surface area contributed by atoms with E-state index in [0.29, 0.717) is 0 Å². The van der Waals surface area contributed by atoms with Crippen molar-refractivity contribution in [2.45, 2.75) is 0 Å². The van der Waals surface area contributed by atoms with E-state index in [1.165, 1.54) is 70.5 Å². The zero-order chi connectivity index (χ0) is 33.3. The van der Waals surface area contributed by atoms with Crippen LogP contribution in [-0.4, -0.2) is 12.6 Å². The molecule has 50 heavy (non-hydrogen) atoms. The summed E-state index contributed by atoms with van der Waals surface area (Å²) in [5, 5.41) is 7.99. The molecule has 0 bridgehead atoms. The zero-order valence-corrected chi connectivity index (χ0v) is 28.7. The van der Waals surface area contributed by atoms with Gasteiger partial charge in [-0.2, -0.15) is 0 Å². The van der Waals surface area contributed by atoms with Gasteiger partial charge >= 0.3 is 0 Å². The fraction of sp³-hybridized carbons (Fsp3) is 0. The summed E-state index contributed by atoms with van der Waals surface area (Å²) in [6.07, 6.45) is 0. The van der Waals surface area contributed by atoms with E-state index in [9.17, 15) is 0 Å². The predicted octanol–water partition coefficient (Wildman–Crippen LogP) is 9.50. The molecule has 1 nitrogen and oxygen atoms in total. The molecule has 0 saturated carbocycles. The van der Waals surface area contributed by atoms with Crippen molar-refractivity contribution in [3.8, 4) is 27.9 Å². The van der Waals surface area contributed by atoms with Crippen LogP contribution in [0.4, 0.5) is 0 Å². The average molecular weight is 654 g/mol. The first-order valence-electron chi connectivity index (χ1n) is 17.3. The van der Waals surface area contributed by atoms with E-state index in [1.54, 1.807) is 0 Å². The van der Waals surface area contributed by atoms with E-state index >= 15 is 0 Å². The van der Waals surface area contributed by atoms with Crippen LogP contribution in [0.5, 0.6) is 0 Å². The Hall–Kier alpha value is -6.22. The third-order valence-corrected chi connectivity index (χ3v) is 14.9. The van der Waals surface area contributed by atoms with Crippen LogP contribution in [0.25, 0.3) is 49.7 Å². The van der Waals surface area contributed by atoms with Crippen LogP contribution in [-0.2, 0) is 0 Å². The smallest absolute Gasteiger partial charge is 0.179 e. The van der Waals surface area contributed by atoms with Crippen molar-refractivity contribution < 1.29 is 0 Å². The molecule has 1 heterocycles. The van der Waals surface area contributed by atoms with Crippen LogP contribution >= 0.6 is 0 Å². The number of hydrogen-bond acceptors (Lipinski definition) is 0. The van der Waals surface area contributed by atoms with Gasteiger partial charge in [-0.1, -0.05) is 188 Å². The highest BCUT2D eigenvalue weighted by Crippen LogP contribution is 2.34. The van der Waals surface area contributed by atoms with Crippen LogP contribution < -0.4 is 20.7 Å². The molecule has 0 atom stereocenters. The molecule has 0 amide bonds. The monoisotopic (exact) mass is 653 g/mol. The lowest BCUT2D eigenvalue weighted by molar-refractivity contribution is 1.18. The average Bonchev–Trinajstić information content (AvgIpc) is 3.54. The first-order valence-corrected chi connectivity index (χ1v) is 19.3. The summed E-state index contributed by atoms with van der Waals surface area (Å²) < 4.78 is 2.41. The molecule has 0 N–H and O–H groups in total. The van der Waals surface area contributed by atoms with E-state index in [0.717, 1.165) is 0 Å². The van der Waals surface area contributed by atoms with Gasteiger partial charge in [0.15, 0.2) is 8.07 Å². The maximum Gasteiger partial charge on any atom is 0.179 e. The Labute approximate surface area is 294 Å². The second-order valence-corrected chi connectivity index (χ2v) is 16.7. The van der Waals surface area contributed by atoms with Crippen molar-refractivity contribution >= 4 is 50.6 Å². The molecule has 2 heteroatoms. The number of aromatic nitrogens is 1. The van der Waals surface area contributed by atoms with Crippen LogP contribution in [0, 0.1) is 0 Å². The van der Waals surface area contributed by atoms with Crippen molar-refractivity contribution in [1.29, 1.82) is 0 Å². The zero-order valence-electron chi connectivity index (χ0n) is 27.7. The molecule has 8 aromatic carbocycles. The van der Waals surface area contributed by atoms with Crippen molar-refractivity contribution in [1.82, 2.24) is 4.57 Å². The van der Waals surface area contributed by atoms with E-state index in [2.05, 4.69) is 217 Å². The van der Waals surface area contributed by atoms with Crippen LogP contribution in [0.3, 0.4) is 0 Å². The second-order valence-electron chi connectivity index (χ2n) is 12.9. The van der Waals surface area contributed by atoms with Crippen LogP contribution in [0.1, 0.15) is 0 Å². The summed E-state index contributed by atoms with van der Waals surface area (Å²) in [7, 11) is -2.87. The first kappa shape index (κ1) is 29.9. The largest absolute Gasteiger partial charge is 0.309 e. The third kappa shape index (κ3) is 4.92. The molecule has 236 valence electrons. The predicted molar refractivity (Wildman–Crippen MR) is 215 cm³/mol. The molecule has 1 aromatic heterocycles. The van der Waals surface area contributed by atoms with E-state index in [-0.39, 0.29) is 0 Å². The van der Waals surface area contributed by atoms with E-state index < -0.39 is 8.07 Å². The minimum atomic E-state index is -2.87. The highest BCUT2D eigenvalue weighted by molar-refractivity contribution is 7.20. The molecular weight excluding hydrogens is 619 g/mol. The Bertz CT molecular complexity index is 2520. The number of nitrogens with zero attached hydrogens (tertiary/aromatic N) is 1. The molecule has 0 aliphatic carbocycles. The standard InChI is InChI=1S/C48H35NSi/c1-6-18-36(19-7-1)43-32-30-41(34-45(43)37-20-8-2-9-21-37)50(39-24-12-4-13-25-39,40-26-14-5-15-27-40)42-31-33-48-46(35-42)44-28-16-17-29-47(44)49(48)38-22-10-3-11-23-38/h1-35H. The first-order chi connectivity index (χ1) is 24.8. The van der Waals surface area contributed by atoms with Gasteiger partial charge < -0.3 is 4.57 Å². The third-order valence-electron chi connectivity index (χ3n) is 10.2. The molecule has 0 saturated heterocycles. The number of hydrogen-bond donors (Lipinski definition) is 0. The molecule has 0 unspecified atom stereocenters. The summed E-state index contributed by atoms with van der Waals surface area (Å²) in [4.78, 5) is 0. The molecule has 9 rings (SSSR count). The highest BCUT2D eigenvalue weighted by Gasteiger charge is 2.42. The van der Waals surface area contributed by atoms with E-state index in [4.69, 9.17) is 0 Å². The number of rotatable bonds is 7. The Balaban J connectivity index is 1.39. The second kappa shape index (κ2) is 12.7. The minimum Gasteiger partial charge on any atom is -0.309 e. The maximum atomic E-state index is 2.51. The van der Waals surface area contributed by atoms with Gasteiger partial charge in [0.25, 0.3) is 0 Å². The molecule has 9 aromatic rings. The van der Waals surface area contributed by atoms with Crippen molar-refractivity contribution in [2.24, 2.45) is 0 Å². The van der Waals surface area contributed by atoms with Gasteiger partial charge in [-0.05, 0) is 67.3 Å². The minimum absolute atomic E-state index is 1.17. The summed E-state index contributed by atoms with van der Waals surface area (Å²) in [5.74, 6) is 0. The van der Waals surface area contributed by atoms with Crippen molar-refractivity contribution in [3.05, 3.63) is 212 Å². The Kier molecular flexibility index (Phi) is 7.57. The van der Waals surface area contributed by atoms with Crippen molar-refractivity contribution in [2.75, 3.05) is 0 Å². The van der Waals surface area contributed by atoms with Gasteiger partial charge in [0.2, 0.25) is 0 Å². The SMILES string of the molecule is c1ccc(-c2ccc([Si](c3ccccc3)(c3ccccc3)c3ccc4c(c3)c3ccccc3n4-c3ccccc3)cc2-c2ccccc2)cc1. The lowest BCUT2D eigenvalue weighted by Crippen LogP contribution is -2.74. The fourth-order valence-electron chi connectivity index (χ4n) is 7.94. The Morgan fingerprint density at radius 1 is 0.300 bits per heavy atom. The summed E-state index contributed by atoms with van der Waals surface area (Å²) in [5.41, 5.74) is 8.54. The fourth-order valence-corrected chi connectivity index (χ4v) is 12.7. The molecule has 0 aliphatic heterocycles. The molecule has 0 spiro atoms.